The van der Waals surface area contributed by atoms with Gasteiger partial charge in [-0.05, 0) is 38.1 Å². The summed E-state index contributed by atoms with van der Waals surface area (Å²) in [6.07, 6.45) is 2.79. The van der Waals surface area contributed by atoms with Crippen LogP contribution in [0, 0.1) is 0 Å². The monoisotopic (exact) mass is 354 g/mol. The molecule has 0 radical (unpaired) electrons. The summed E-state index contributed by atoms with van der Waals surface area (Å²) in [4.78, 5) is 12.6. The maximum absolute atomic E-state index is 12.6. The Hall–Kier alpha value is -3.15. The predicted octanol–water partition coefficient (Wildman–Crippen LogP) is 3.69. The van der Waals surface area contributed by atoms with Crippen LogP contribution in [-0.4, -0.2) is 26.7 Å². The minimum atomic E-state index is -0.722. The lowest BCUT2D eigenvalue weighted by molar-refractivity contribution is 0.0839. The maximum Gasteiger partial charge on any atom is 0.174 e. The molecular weight excluding hydrogens is 336 g/mol. The molecule has 1 atom stereocenters. The Bertz CT molecular complexity index is 957. The topological polar surface area (TPSA) is 96.2 Å². The van der Waals surface area contributed by atoms with Gasteiger partial charge in [0.1, 0.15) is 46.0 Å². The van der Waals surface area contributed by atoms with E-state index in [1.54, 1.807) is 12.1 Å². The second-order valence-electron chi connectivity index (χ2n) is 7.03. The molecule has 2 aromatic rings. The first-order chi connectivity index (χ1) is 12.2. The van der Waals surface area contributed by atoms with E-state index in [1.165, 1.54) is 18.2 Å². The summed E-state index contributed by atoms with van der Waals surface area (Å²) in [6.45, 7) is 3.76. The Morgan fingerprint density at radius 3 is 2.62 bits per heavy atom. The zero-order valence-corrected chi connectivity index (χ0v) is 14.3. The van der Waals surface area contributed by atoms with Crippen molar-refractivity contribution in [2.24, 2.45) is 0 Å². The van der Waals surface area contributed by atoms with E-state index in [9.17, 15) is 20.1 Å². The quantitative estimate of drug-likeness (QED) is 0.723. The summed E-state index contributed by atoms with van der Waals surface area (Å²) < 4.78 is 11.8. The fourth-order valence-electron chi connectivity index (χ4n) is 3.29. The van der Waals surface area contributed by atoms with Gasteiger partial charge >= 0.3 is 0 Å². The number of benzene rings is 2. The molecule has 0 amide bonds. The third-order valence-electron chi connectivity index (χ3n) is 4.57. The van der Waals surface area contributed by atoms with E-state index in [1.807, 2.05) is 19.9 Å². The van der Waals surface area contributed by atoms with Crippen molar-refractivity contribution in [3.8, 4) is 28.7 Å². The van der Waals surface area contributed by atoms with E-state index >= 15 is 0 Å². The van der Waals surface area contributed by atoms with Gasteiger partial charge in [-0.3, -0.25) is 4.79 Å². The van der Waals surface area contributed by atoms with Crippen molar-refractivity contribution < 1.29 is 29.6 Å². The smallest absolute Gasteiger partial charge is 0.174 e. The second-order valence-corrected chi connectivity index (χ2v) is 7.03. The molecule has 2 aliphatic heterocycles. The highest BCUT2D eigenvalue weighted by molar-refractivity contribution is 6.04. The SMILES string of the molecule is CC1(C)C=Cc2c(cc3c(c2O)C(=O)C[C@H](c2ccc(O)cc2O)O3)O1. The molecule has 0 aliphatic carbocycles. The molecule has 3 N–H and O–H groups in total. The molecule has 4 rings (SSSR count). The van der Waals surface area contributed by atoms with Gasteiger partial charge in [-0.25, -0.2) is 0 Å². The lowest BCUT2D eigenvalue weighted by Crippen LogP contribution is -2.28. The lowest BCUT2D eigenvalue weighted by Gasteiger charge is -2.32. The second kappa shape index (κ2) is 5.42. The highest BCUT2D eigenvalue weighted by Gasteiger charge is 2.35. The Labute approximate surface area is 149 Å². The van der Waals surface area contributed by atoms with Crippen LogP contribution in [0.5, 0.6) is 28.7 Å². The molecule has 0 bridgehead atoms. The van der Waals surface area contributed by atoms with Crippen LogP contribution in [0.15, 0.2) is 30.3 Å². The fraction of sp³-hybridized carbons (Fsp3) is 0.250. The number of carbonyl (C=O) groups excluding carboxylic acids is 1. The lowest BCUT2D eigenvalue weighted by atomic mass is 9.92. The number of phenols is 3. The van der Waals surface area contributed by atoms with Crippen molar-refractivity contribution in [1.29, 1.82) is 0 Å². The Kier molecular flexibility index (Phi) is 3.41. The van der Waals surface area contributed by atoms with E-state index < -0.39 is 11.7 Å². The summed E-state index contributed by atoms with van der Waals surface area (Å²) in [7, 11) is 0. The number of aromatic hydroxyl groups is 3. The number of Topliss-reactive ketones (excluding diaryl/α,β-unsaturated/α-hetero) is 1. The van der Waals surface area contributed by atoms with Crippen molar-refractivity contribution >= 4 is 11.9 Å². The Morgan fingerprint density at radius 2 is 1.88 bits per heavy atom. The van der Waals surface area contributed by atoms with Crippen LogP contribution in [0.4, 0.5) is 0 Å². The molecule has 2 aromatic carbocycles. The summed E-state index contributed by atoms with van der Waals surface area (Å²) in [5, 5.41) is 30.1. The molecule has 0 saturated carbocycles. The number of rotatable bonds is 1. The summed E-state index contributed by atoms with van der Waals surface area (Å²) in [6, 6.07) is 5.71. The van der Waals surface area contributed by atoms with Crippen LogP contribution in [0.3, 0.4) is 0 Å². The molecule has 2 aliphatic rings. The van der Waals surface area contributed by atoms with Crippen LogP contribution < -0.4 is 9.47 Å². The fourth-order valence-corrected chi connectivity index (χ4v) is 3.29. The molecule has 6 nitrogen and oxygen atoms in total. The highest BCUT2D eigenvalue weighted by Crippen LogP contribution is 2.48. The van der Waals surface area contributed by atoms with E-state index in [0.717, 1.165) is 0 Å². The number of carbonyl (C=O) groups is 1. The van der Waals surface area contributed by atoms with Crippen molar-refractivity contribution in [2.75, 3.05) is 0 Å². The minimum absolute atomic E-state index is 0.0340. The standard InChI is InChI=1S/C20H18O6/c1-20(2)6-5-12-16(26-20)9-17-18(19(12)24)14(23)8-15(25-17)11-4-3-10(21)7-13(11)22/h3-7,9,15,21-22,24H,8H2,1-2H3/t15-/m1/s1. The highest BCUT2D eigenvalue weighted by atomic mass is 16.5. The van der Waals surface area contributed by atoms with Crippen LogP contribution in [0.1, 0.15) is 47.9 Å². The number of ether oxygens (including phenoxy) is 2. The first kappa shape index (κ1) is 16.3. The predicted molar refractivity (Wildman–Crippen MR) is 93.9 cm³/mol. The third kappa shape index (κ3) is 2.54. The number of ketones is 1. The van der Waals surface area contributed by atoms with Gasteiger partial charge in [0.2, 0.25) is 0 Å². The zero-order chi connectivity index (χ0) is 18.6. The average Bonchev–Trinajstić information content (AvgIpc) is 2.53. The Balaban J connectivity index is 1.79. The molecular formula is C20H18O6. The molecule has 26 heavy (non-hydrogen) atoms. The van der Waals surface area contributed by atoms with E-state index in [2.05, 4.69) is 0 Å². The van der Waals surface area contributed by atoms with Crippen LogP contribution in [0.25, 0.3) is 6.08 Å². The van der Waals surface area contributed by atoms with Crippen LogP contribution in [-0.2, 0) is 0 Å². The van der Waals surface area contributed by atoms with Crippen molar-refractivity contribution in [3.05, 3.63) is 47.0 Å². The molecule has 2 heterocycles. The van der Waals surface area contributed by atoms with E-state index in [-0.39, 0.29) is 40.8 Å². The molecule has 0 aromatic heterocycles. The van der Waals surface area contributed by atoms with Gasteiger partial charge in [-0.1, -0.05) is 0 Å². The van der Waals surface area contributed by atoms with Gasteiger partial charge < -0.3 is 24.8 Å². The number of hydrogen-bond donors (Lipinski definition) is 3. The Morgan fingerprint density at radius 1 is 1.12 bits per heavy atom. The first-order valence-electron chi connectivity index (χ1n) is 8.25. The van der Waals surface area contributed by atoms with Gasteiger partial charge in [0.15, 0.2) is 5.78 Å². The van der Waals surface area contributed by atoms with Crippen LogP contribution >= 0.6 is 0 Å². The molecule has 134 valence electrons. The number of hydrogen-bond acceptors (Lipinski definition) is 6. The molecule has 0 saturated heterocycles. The molecule has 0 fully saturated rings. The molecule has 0 spiro atoms. The zero-order valence-electron chi connectivity index (χ0n) is 14.3. The van der Waals surface area contributed by atoms with Gasteiger partial charge in [0, 0.05) is 17.7 Å². The van der Waals surface area contributed by atoms with Gasteiger partial charge in [0.05, 0.1) is 12.0 Å². The summed E-state index contributed by atoms with van der Waals surface area (Å²) >= 11 is 0. The van der Waals surface area contributed by atoms with E-state index in [0.29, 0.717) is 16.9 Å². The van der Waals surface area contributed by atoms with E-state index in [4.69, 9.17) is 9.47 Å². The average molecular weight is 354 g/mol. The summed E-state index contributed by atoms with van der Waals surface area (Å²) in [5.74, 6) is -0.0558. The molecule has 6 heteroatoms. The van der Waals surface area contributed by atoms with Crippen molar-refractivity contribution in [2.45, 2.75) is 32.0 Å². The maximum atomic E-state index is 12.6. The van der Waals surface area contributed by atoms with Gasteiger partial charge in [-0.2, -0.15) is 0 Å². The van der Waals surface area contributed by atoms with Gasteiger partial charge in [0.25, 0.3) is 0 Å². The van der Waals surface area contributed by atoms with Crippen molar-refractivity contribution in [1.82, 2.24) is 0 Å². The normalized spacial score (nSPS) is 19.9. The number of phenolic OH excluding ortho intramolecular Hbond substituents is 3. The van der Waals surface area contributed by atoms with Crippen molar-refractivity contribution in [3.63, 3.8) is 0 Å². The van der Waals surface area contributed by atoms with Gasteiger partial charge in [-0.15, -0.1) is 0 Å². The summed E-state index contributed by atoms with van der Waals surface area (Å²) in [5.41, 5.74) is 0.415. The third-order valence-corrected chi connectivity index (χ3v) is 4.57. The first-order valence-corrected chi connectivity index (χ1v) is 8.25. The molecule has 0 unspecified atom stereocenters. The minimum Gasteiger partial charge on any atom is -0.508 e. The number of fused-ring (bicyclic) bond motifs is 2. The van der Waals surface area contributed by atoms with Crippen LogP contribution in [0.2, 0.25) is 0 Å². The largest absolute Gasteiger partial charge is 0.508 e.